The fourth-order valence-electron chi connectivity index (χ4n) is 3.93. The number of benzene rings is 2. The predicted molar refractivity (Wildman–Crippen MR) is 107 cm³/mol. The van der Waals surface area contributed by atoms with Gasteiger partial charge in [0.1, 0.15) is 5.82 Å². The average Bonchev–Trinajstić information content (AvgIpc) is 3.22. The van der Waals surface area contributed by atoms with Crippen molar-refractivity contribution in [1.29, 1.82) is 0 Å². The molecule has 2 aliphatic heterocycles. The molecule has 2 N–H and O–H groups in total. The molecule has 2 aromatic rings. The number of nitrogens with zero attached hydrogens (tertiary/aromatic N) is 2. The van der Waals surface area contributed by atoms with Crippen LogP contribution in [-0.4, -0.2) is 48.1 Å². The molecule has 7 heteroatoms. The van der Waals surface area contributed by atoms with Gasteiger partial charge in [0.15, 0.2) is 0 Å². The number of carbonyl (C=O) groups excluding carboxylic acids is 1. The van der Waals surface area contributed by atoms with Crippen molar-refractivity contribution in [2.75, 3.05) is 26.2 Å². The zero-order valence-corrected chi connectivity index (χ0v) is 16.3. The molecule has 2 unspecified atom stereocenters. The number of carbonyl (C=O) groups is 1. The smallest absolute Gasteiger partial charge is 0.227 e. The first-order chi connectivity index (χ1) is 13.6. The van der Waals surface area contributed by atoms with E-state index in [2.05, 4.69) is 40.0 Å². The summed E-state index contributed by atoms with van der Waals surface area (Å²) in [7, 11) is 0. The van der Waals surface area contributed by atoms with E-state index in [0.717, 1.165) is 19.5 Å². The van der Waals surface area contributed by atoms with Gasteiger partial charge in [-0.2, -0.15) is 0 Å². The zero-order valence-electron chi connectivity index (χ0n) is 15.6. The molecule has 2 fully saturated rings. The van der Waals surface area contributed by atoms with Gasteiger partial charge in [0.2, 0.25) is 5.91 Å². The van der Waals surface area contributed by atoms with Crippen LogP contribution in [0.5, 0.6) is 0 Å². The fourth-order valence-corrected chi connectivity index (χ4v) is 4.16. The first kappa shape index (κ1) is 19.3. The Balaban J connectivity index is 1.29. The fraction of sp³-hybridized carbons (Fsp3) is 0.381. The molecule has 0 spiro atoms. The van der Waals surface area contributed by atoms with Crippen molar-refractivity contribution in [3.63, 3.8) is 0 Å². The molecule has 2 heterocycles. The van der Waals surface area contributed by atoms with Gasteiger partial charge < -0.3 is 4.90 Å². The summed E-state index contributed by atoms with van der Waals surface area (Å²) in [6, 6.07) is 15.2. The van der Waals surface area contributed by atoms with E-state index in [1.165, 1.54) is 11.6 Å². The van der Waals surface area contributed by atoms with Crippen LogP contribution >= 0.6 is 11.6 Å². The summed E-state index contributed by atoms with van der Waals surface area (Å²) in [6.45, 7) is 2.85. The Morgan fingerprint density at radius 1 is 1.04 bits per heavy atom. The van der Waals surface area contributed by atoms with E-state index in [4.69, 9.17) is 11.6 Å². The highest BCUT2D eigenvalue weighted by Gasteiger charge is 2.32. The molecule has 0 radical (unpaired) electrons. The third-order valence-electron chi connectivity index (χ3n) is 5.58. The summed E-state index contributed by atoms with van der Waals surface area (Å²) in [4.78, 5) is 16.7. The normalized spacial score (nSPS) is 23.1. The molecule has 4 rings (SSSR count). The zero-order chi connectivity index (χ0) is 19.5. The second kappa shape index (κ2) is 8.57. The second-order valence-electron chi connectivity index (χ2n) is 7.30. The van der Waals surface area contributed by atoms with Crippen LogP contribution in [0.25, 0.3) is 0 Å². The van der Waals surface area contributed by atoms with Gasteiger partial charge in [-0.3, -0.25) is 9.69 Å². The average molecular weight is 403 g/mol. The third kappa shape index (κ3) is 4.20. The van der Waals surface area contributed by atoms with Crippen LogP contribution in [-0.2, 0) is 11.2 Å². The maximum Gasteiger partial charge on any atom is 0.227 e. The molecule has 5 nitrogen and oxygen atoms in total. The van der Waals surface area contributed by atoms with Gasteiger partial charge in [-0.1, -0.05) is 48.0 Å². The van der Waals surface area contributed by atoms with E-state index in [0.29, 0.717) is 18.1 Å². The van der Waals surface area contributed by atoms with Gasteiger partial charge in [0, 0.05) is 42.8 Å². The first-order valence-corrected chi connectivity index (χ1v) is 10.0. The molecule has 0 aromatic heterocycles. The minimum Gasteiger partial charge on any atom is -0.340 e. The maximum atomic E-state index is 13.9. The van der Waals surface area contributed by atoms with Crippen LogP contribution < -0.4 is 10.9 Å². The lowest BCUT2D eigenvalue weighted by Gasteiger charge is -2.37. The number of piperazine rings is 1. The highest BCUT2D eigenvalue weighted by molar-refractivity contribution is 6.31. The van der Waals surface area contributed by atoms with Gasteiger partial charge in [0.25, 0.3) is 0 Å². The van der Waals surface area contributed by atoms with Gasteiger partial charge in [0.05, 0.1) is 12.6 Å². The summed E-state index contributed by atoms with van der Waals surface area (Å²) >= 11 is 6.05. The summed E-state index contributed by atoms with van der Waals surface area (Å²) in [5.41, 5.74) is 8.30. The van der Waals surface area contributed by atoms with Crippen LogP contribution in [0.4, 0.5) is 4.39 Å². The van der Waals surface area contributed by atoms with Crippen LogP contribution in [0, 0.1) is 5.82 Å². The van der Waals surface area contributed by atoms with Crippen LogP contribution in [0.15, 0.2) is 48.5 Å². The number of amides is 1. The molecular weight excluding hydrogens is 379 g/mol. The number of nitrogens with one attached hydrogen (secondary N) is 2. The Labute approximate surface area is 169 Å². The minimum absolute atomic E-state index is 0.00478. The number of hydrogen-bond donors (Lipinski definition) is 2. The van der Waals surface area contributed by atoms with Gasteiger partial charge in [-0.15, -0.1) is 0 Å². The van der Waals surface area contributed by atoms with Gasteiger partial charge in [-0.25, -0.2) is 15.2 Å². The quantitative estimate of drug-likeness (QED) is 0.825. The van der Waals surface area contributed by atoms with Crippen molar-refractivity contribution in [2.24, 2.45) is 0 Å². The van der Waals surface area contributed by atoms with Crippen molar-refractivity contribution < 1.29 is 9.18 Å². The number of hydrazine groups is 1. The maximum absolute atomic E-state index is 13.9. The van der Waals surface area contributed by atoms with Gasteiger partial charge >= 0.3 is 0 Å². The van der Waals surface area contributed by atoms with E-state index in [1.807, 2.05) is 6.07 Å². The van der Waals surface area contributed by atoms with Crippen LogP contribution in [0.1, 0.15) is 23.6 Å². The molecule has 148 valence electrons. The monoisotopic (exact) mass is 402 g/mol. The highest BCUT2D eigenvalue weighted by Crippen LogP contribution is 2.25. The number of rotatable bonds is 4. The van der Waals surface area contributed by atoms with Crippen molar-refractivity contribution in [1.82, 2.24) is 20.7 Å². The molecule has 2 atom stereocenters. The van der Waals surface area contributed by atoms with E-state index in [-0.39, 0.29) is 30.1 Å². The molecule has 0 saturated carbocycles. The van der Waals surface area contributed by atoms with Crippen molar-refractivity contribution in [3.8, 4) is 0 Å². The Morgan fingerprint density at radius 3 is 2.50 bits per heavy atom. The minimum atomic E-state index is -0.423. The Morgan fingerprint density at radius 2 is 1.79 bits per heavy atom. The SMILES string of the molecule is O=C(Cc1c(F)cccc1Cl)N1CCN(C2CC(c3ccccc3)NN2)CC1. The molecule has 2 aromatic carbocycles. The standard InChI is InChI=1S/C21H24ClFN4O/c22-17-7-4-8-18(23)16(17)13-21(28)27-11-9-26(10-12-27)20-14-19(24-25-20)15-5-2-1-3-6-15/h1-8,19-20,24-25H,9-14H2. The summed E-state index contributed by atoms with van der Waals surface area (Å²) in [6.07, 6.45) is 1.22. The number of halogens is 2. The van der Waals surface area contributed by atoms with Crippen LogP contribution in [0.2, 0.25) is 5.02 Å². The highest BCUT2D eigenvalue weighted by atomic mass is 35.5. The third-order valence-corrected chi connectivity index (χ3v) is 5.94. The summed E-state index contributed by atoms with van der Waals surface area (Å²) in [5, 5.41) is 0.306. The summed E-state index contributed by atoms with van der Waals surface area (Å²) in [5.74, 6) is -0.501. The second-order valence-corrected chi connectivity index (χ2v) is 7.70. The molecule has 0 aliphatic carbocycles. The predicted octanol–water partition coefficient (Wildman–Crippen LogP) is 2.73. The largest absolute Gasteiger partial charge is 0.340 e. The van der Waals surface area contributed by atoms with Crippen molar-refractivity contribution in [3.05, 3.63) is 70.5 Å². The summed E-state index contributed by atoms with van der Waals surface area (Å²) < 4.78 is 13.9. The van der Waals surface area contributed by atoms with E-state index in [9.17, 15) is 9.18 Å². The van der Waals surface area contributed by atoms with E-state index in [1.54, 1.807) is 17.0 Å². The molecule has 2 saturated heterocycles. The first-order valence-electron chi connectivity index (χ1n) is 9.62. The lowest BCUT2D eigenvalue weighted by atomic mass is 10.0. The number of hydrogen-bond acceptors (Lipinski definition) is 4. The van der Waals surface area contributed by atoms with Gasteiger partial charge in [-0.05, 0) is 24.1 Å². The lowest BCUT2D eigenvalue weighted by Crippen LogP contribution is -2.55. The molecule has 1 amide bonds. The van der Waals surface area contributed by atoms with Crippen molar-refractivity contribution >= 4 is 17.5 Å². The Bertz CT molecular complexity index is 806. The topological polar surface area (TPSA) is 47.6 Å². The van der Waals surface area contributed by atoms with Crippen molar-refractivity contribution in [2.45, 2.75) is 25.0 Å². The molecular formula is C21H24ClFN4O. The van der Waals surface area contributed by atoms with E-state index < -0.39 is 5.82 Å². The van der Waals surface area contributed by atoms with Crippen LogP contribution in [0.3, 0.4) is 0 Å². The Hall–Kier alpha value is -1.99. The molecule has 28 heavy (non-hydrogen) atoms. The van der Waals surface area contributed by atoms with E-state index >= 15 is 0 Å². The molecule has 0 bridgehead atoms. The lowest BCUT2D eigenvalue weighted by molar-refractivity contribution is -0.132. The Kier molecular flexibility index (Phi) is 5.92. The molecule has 2 aliphatic rings.